The minimum atomic E-state index is -4.89. The summed E-state index contributed by atoms with van der Waals surface area (Å²) in [5.74, 6) is 0. The number of rotatable bonds is 0. The van der Waals surface area contributed by atoms with E-state index in [1.807, 2.05) is 0 Å². The molecule has 0 aromatic carbocycles. The van der Waals surface area contributed by atoms with Crippen molar-refractivity contribution in [2.24, 2.45) is 0 Å². The van der Waals surface area contributed by atoms with Crippen LogP contribution in [0.5, 0.6) is 0 Å². The van der Waals surface area contributed by atoms with Crippen LogP contribution < -0.4 is 56.3 Å². The normalized spacial score (nSPS) is 8.43. The van der Waals surface area contributed by atoms with Gasteiger partial charge in [0.2, 0.25) is 0 Å². The van der Waals surface area contributed by atoms with Crippen molar-refractivity contribution >= 4 is 7.82 Å². The SMILES string of the molecule is O=P([O-])(O)O.[Fe].[K+]. The Hall–Kier alpha value is 2.27. The van der Waals surface area contributed by atoms with Gasteiger partial charge in [-0.25, -0.2) is 0 Å². The van der Waals surface area contributed by atoms with Crippen LogP contribution in [0.3, 0.4) is 0 Å². The Labute approximate surface area is 93.8 Å². The molecule has 0 radical (unpaired) electrons. The monoisotopic (exact) mass is 192 g/mol. The van der Waals surface area contributed by atoms with Gasteiger partial charge in [0.25, 0.3) is 7.82 Å². The van der Waals surface area contributed by atoms with E-state index in [4.69, 9.17) is 19.2 Å². The smallest absolute Gasteiger partial charge is 0.756 e. The van der Waals surface area contributed by atoms with Crippen molar-refractivity contribution in [3.63, 3.8) is 0 Å². The third kappa shape index (κ3) is 63.2. The molecule has 0 saturated heterocycles. The first-order valence-electron chi connectivity index (χ1n) is 0.765. The summed E-state index contributed by atoms with van der Waals surface area (Å²) in [6.07, 6.45) is 0. The van der Waals surface area contributed by atoms with Gasteiger partial charge >= 0.3 is 51.4 Å². The zero-order valence-corrected chi connectivity index (χ0v) is 8.63. The molecule has 0 heterocycles. The second-order valence-electron chi connectivity index (χ2n) is 0.491. The third-order valence-corrected chi connectivity index (χ3v) is 0. The molecule has 0 amide bonds. The number of hydrogen-bond donors (Lipinski definition) is 2. The summed E-state index contributed by atoms with van der Waals surface area (Å²) in [6, 6.07) is 0. The summed E-state index contributed by atoms with van der Waals surface area (Å²) in [7, 11) is -4.89. The molecule has 0 atom stereocenters. The fourth-order valence-electron chi connectivity index (χ4n) is 0. The Morgan fingerprint density at radius 3 is 1.43 bits per heavy atom. The van der Waals surface area contributed by atoms with Gasteiger partial charge in [0, 0.05) is 17.1 Å². The van der Waals surface area contributed by atoms with E-state index in [2.05, 4.69) is 0 Å². The predicted octanol–water partition coefficient (Wildman–Crippen LogP) is -4.56. The molecule has 0 fully saturated rings. The van der Waals surface area contributed by atoms with Crippen molar-refractivity contribution in [2.45, 2.75) is 0 Å². The number of hydrogen-bond acceptors (Lipinski definition) is 2. The average molecular weight is 192 g/mol. The van der Waals surface area contributed by atoms with Crippen LogP contribution in [0, 0.1) is 0 Å². The first-order valence-corrected chi connectivity index (χ1v) is 2.30. The van der Waals surface area contributed by atoms with Crippen LogP contribution in [0.2, 0.25) is 0 Å². The van der Waals surface area contributed by atoms with Gasteiger partial charge in [-0.2, -0.15) is 0 Å². The molecule has 0 aromatic rings. The Kier molecular flexibility index (Phi) is 14.7. The Morgan fingerprint density at radius 1 is 1.43 bits per heavy atom. The molecule has 2 N–H and O–H groups in total. The van der Waals surface area contributed by atoms with Crippen LogP contribution in [0.25, 0.3) is 0 Å². The van der Waals surface area contributed by atoms with Gasteiger partial charge in [-0.1, -0.05) is 0 Å². The van der Waals surface area contributed by atoms with Gasteiger partial charge in [0.15, 0.2) is 0 Å². The second-order valence-corrected chi connectivity index (χ2v) is 1.47. The van der Waals surface area contributed by atoms with Gasteiger partial charge in [0.1, 0.15) is 0 Å². The van der Waals surface area contributed by atoms with Gasteiger partial charge in [-0.15, -0.1) is 0 Å². The zero-order chi connectivity index (χ0) is 4.50. The van der Waals surface area contributed by atoms with Crippen LogP contribution in [0.4, 0.5) is 0 Å². The maximum atomic E-state index is 8.77. The molecule has 0 rings (SSSR count). The molecular weight excluding hydrogens is 190 g/mol. The minimum Gasteiger partial charge on any atom is -0.756 e. The zero-order valence-electron chi connectivity index (χ0n) is 3.51. The summed E-state index contributed by atoms with van der Waals surface area (Å²) in [6.45, 7) is 0. The van der Waals surface area contributed by atoms with Crippen LogP contribution in [-0.4, -0.2) is 9.79 Å². The van der Waals surface area contributed by atoms with Crippen molar-refractivity contribution < 1.29 is 87.7 Å². The second kappa shape index (κ2) is 6.39. The molecule has 0 aromatic heterocycles. The summed E-state index contributed by atoms with van der Waals surface area (Å²) < 4.78 is 8.77. The quantitative estimate of drug-likeness (QED) is 0.299. The molecule has 0 spiro atoms. The average Bonchev–Trinajstić information content (AvgIpc) is 0.722. The summed E-state index contributed by atoms with van der Waals surface area (Å²) in [4.78, 5) is 22.9. The van der Waals surface area contributed by atoms with E-state index >= 15 is 0 Å². The van der Waals surface area contributed by atoms with Gasteiger partial charge in [0.05, 0.1) is 0 Å². The molecule has 0 unspecified atom stereocenters. The van der Waals surface area contributed by atoms with E-state index < -0.39 is 7.82 Å². The van der Waals surface area contributed by atoms with Gasteiger partial charge in [-0.05, 0) is 0 Å². The summed E-state index contributed by atoms with van der Waals surface area (Å²) in [5.41, 5.74) is 0. The van der Waals surface area contributed by atoms with Crippen molar-refractivity contribution in [3.8, 4) is 0 Å². The molecule has 40 valence electrons. The maximum Gasteiger partial charge on any atom is 1.00 e. The molecule has 7 heteroatoms. The Bertz CT molecular complexity index is 57.8. The summed E-state index contributed by atoms with van der Waals surface area (Å²) >= 11 is 0. The summed E-state index contributed by atoms with van der Waals surface area (Å²) in [5, 5.41) is 0. The van der Waals surface area contributed by atoms with Crippen LogP contribution in [0.15, 0.2) is 0 Å². The van der Waals surface area contributed by atoms with E-state index in [0.717, 1.165) is 0 Å². The fraction of sp³-hybridized carbons (Fsp3) is 0. The standard InChI is InChI=1S/Fe.K.H3O4P/c;;1-5(2,3)4/h;;(H3,1,2,3,4)/q;+1;/p-1. The molecule has 0 bridgehead atoms. The van der Waals surface area contributed by atoms with Crippen LogP contribution >= 0.6 is 7.82 Å². The minimum absolute atomic E-state index is 0. The van der Waals surface area contributed by atoms with Crippen molar-refractivity contribution in [1.82, 2.24) is 0 Å². The largest absolute Gasteiger partial charge is 1.00 e. The Balaban J connectivity index is -0.0000000800. The predicted molar refractivity (Wildman–Crippen MR) is 12.0 cm³/mol. The van der Waals surface area contributed by atoms with E-state index in [1.165, 1.54) is 0 Å². The Morgan fingerprint density at radius 2 is 1.43 bits per heavy atom. The van der Waals surface area contributed by atoms with Crippen LogP contribution in [-0.2, 0) is 21.6 Å². The van der Waals surface area contributed by atoms with E-state index in [-0.39, 0.29) is 68.5 Å². The molecule has 4 nitrogen and oxygen atoms in total. The molecular formula is H2FeKO4P. The molecule has 0 saturated carbocycles. The van der Waals surface area contributed by atoms with E-state index in [9.17, 15) is 0 Å². The third-order valence-electron chi connectivity index (χ3n) is 0. The van der Waals surface area contributed by atoms with Gasteiger partial charge < -0.3 is 14.7 Å². The molecule has 0 aliphatic rings. The molecule has 0 aliphatic heterocycles. The first kappa shape index (κ1) is 16.1. The number of phosphoric acid groups is 1. The van der Waals surface area contributed by atoms with E-state index in [0.29, 0.717) is 0 Å². The molecule has 0 aliphatic carbocycles. The van der Waals surface area contributed by atoms with E-state index in [1.54, 1.807) is 0 Å². The van der Waals surface area contributed by atoms with Crippen molar-refractivity contribution in [1.29, 1.82) is 0 Å². The van der Waals surface area contributed by atoms with Crippen molar-refractivity contribution in [3.05, 3.63) is 0 Å². The van der Waals surface area contributed by atoms with Crippen molar-refractivity contribution in [2.75, 3.05) is 0 Å². The first-order chi connectivity index (χ1) is 2.00. The maximum absolute atomic E-state index is 8.77. The topological polar surface area (TPSA) is 80.6 Å². The van der Waals surface area contributed by atoms with Gasteiger partial charge in [-0.3, -0.25) is 4.57 Å². The van der Waals surface area contributed by atoms with Crippen LogP contribution in [0.1, 0.15) is 0 Å². The molecule has 7 heavy (non-hydrogen) atoms. The fourth-order valence-corrected chi connectivity index (χ4v) is 0.